The molecule has 0 aliphatic carbocycles. The summed E-state index contributed by atoms with van der Waals surface area (Å²) in [5.41, 5.74) is -2.33. The number of carboxylic acid groups (broad SMARTS) is 1. The van der Waals surface area contributed by atoms with Crippen LogP contribution in [0.2, 0.25) is 0 Å². The van der Waals surface area contributed by atoms with Gasteiger partial charge in [0.1, 0.15) is 5.69 Å². The minimum absolute atomic E-state index is 0.0944. The molecule has 0 radical (unpaired) electrons. The van der Waals surface area contributed by atoms with E-state index in [-0.39, 0.29) is 29.9 Å². The highest BCUT2D eigenvalue weighted by atomic mass is 16.6. The fraction of sp³-hybridized carbons (Fsp3) is 0.333. The monoisotopic (exact) mass is 401 g/mol. The van der Waals surface area contributed by atoms with E-state index in [1.54, 1.807) is 13.8 Å². The van der Waals surface area contributed by atoms with Gasteiger partial charge >= 0.3 is 17.1 Å². The number of nitrogens with one attached hydrogen (secondary N) is 1. The summed E-state index contributed by atoms with van der Waals surface area (Å²) in [4.78, 5) is 52.9. The van der Waals surface area contributed by atoms with Gasteiger partial charge in [-0.2, -0.15) is 0 Å². The molecule has 0 aliphatic heterocycles. The van der Waals surface area contributed by atoms with E-state index >= 15 is 0 Å². The molecule has 11 heteroatoms. The smallest absolute Gasteiger partial charge is 0.316 e. The first-order valence-electron chi connectivity index (χ1n) is 8.79. The summed E-state index contributed by atoms with van der Waals surface area (Å²) in [5, 5.41) is 20.7. The normalized spacial score (nSPS) is 11.7. The molecule has 3 rings (SSSR count). The van der Waals surface area contributed by atoms with Gasteiger partial charge in [0.2, 0.25) is 0 Å². The van der Waals surface area contributed by atoms with Crippen molar-refractivity contribution in [1.82, 2.24) is 19.1 Å². The van der Waals surface area contributed by atoms with E-state index in [1.807, 2.05) is 0 Å². The van der Waals surface area contributed by atoms with Crippen LogP contribution in [0.3, 0.4) is 0 Å². The van der Waals surface area contributed by atoms with Crippen molar-refractivity contribution in [3.63, 3.8) is 0 Å². The lowest BCUT2D eigenvalue weighted by Crippen LogP contribution is -2.36. The fourth-order valence-corrected chi connectivity index (χ4v) is 3.06. The zero-order valence-corrected chi connectivity index (χ0v) is 15.8. The number of aromatic amines is 1. The van der Waals surface area contributed by atoms with Crippen LogP contribution in [-0.4, -0.2) is 35.1 Å². The number of nitro groups is 1. The Morgan fingerprint density at radius 1 is 1.34 bits per heavy atom. The molecule has 3 aromatic rings. The van der Waals surface area contributed by atoms with E-state index in [4.69, 9.17) is 0 Å². The van der Waals surface area contributed by atoms with Gasteiger partial charge in [-0.15, -0.1) is 0 Å². The Kier molecular flexibility index (Phi) is 5.06. The lowest BCUT2D eigenvalue weighted by molar-refractivity contribution is -0.384. The van der Waals surface area contributed by atoms with Crippen molar-refractivity contribution in [3.8, 4) is 5.69 Å². The Bertz CT molecular complexity index is 1210. The van der Waals surface area contributed by atoms with Gasteiger partial charge in [-0.1, -0.05) is 0 Å². The number of fused-ring (bicyclic) bond motifs is 1. The number of carbonyl (C=O) groups is 1. The fourth-order valence-electron chi connectivity index (χ4n) is 3.06. The van der Waals surface area contributed by atoms with Crippen molar-refractivity contribution in [2.45, 2.75) is 33.2 Å². The molecule has 0 amide bonds. The molecule has 2 heterocycles. The first kappa shape index (κ1) is 20.0. The SMILES string of the molecule is CC(C)(CCCn1c(=O)c(=O)[nH]c2cc([N+](=O)[O-])c(-n3ccnc3)cc21)C(=O)O. The van der Waals surface area contributed by atoms with E-state index in [0.717, 1.165) is 0 Å². The third-order valence-electron chi connectivity index (χ3n) is 4.81. The zero-order valence-electron chi connectivity index (χ0n) is 15.8. The van der Waals surface area contributed by atoms with Crippen molar-refractivity contribution in [1.29, 1.82) is 0 Å². The number of H-pyrrole nitrogens is 1. The van der Waals surface area contributed by atoms with Gasteiger partial charge in [0.15, 0.2) is 0 Å². The first-order valence-corrected chi connectivity index (χ1v) is 8.79. The van der Waals surface area contributed by atoms with E-state index < -0.39 is 27.4 Å². The Morgan fingerprint density at radius 2 is 2.07 bits per heavy atom. The highest BCUT2D eigenvalue weighted by Gasteiger charge is 2.26. The number of aliphatic carboxylic acids is 1. The molecule has 0 fully saturated rings. The third-order valence-corrected chi connectivity index (χ3v) is 4.81. The average molecular weight is 401 g/mol. The maximum Gasteiger partial charge on any atom is 0.316 e. The molecular weight excluding hydrogens is 382 g/mol. The highest BCUT2D eigenvalue weighted by Crippen LogP contribution is 2.28. The number of aryl methyl sites for hydroxylation is 1. The third kappa shape index (κ3) is 3.79. The van der Waals surface area contributed by atoms with Crippen LogP contribution in [0.4, 0.5) is 5.69 Å². The number of hydrogen-bond acceptors (Lipinski definition) is 6. The van der Waals surface area contributed by atoms with Crippen molar-refractivity contribution in [2.75, 3.05) is 0 Å². The van der Waals surface area contributed by atoms with E-state index in [2.05, 4.69) is 9.97 Å². The second-order valence-electron chi connectivity index (χ2n) is 7.29. The summed E-state index contributed by atoms with van der Waals surface area (Å²) in [7, 11) is 0. The van der Waals surface area contributed by atoms with Crippen LogP contribution in [0.25, 0.3) is 16.7 Å². The largest absolute Gasteiger partial charge is 0.481 e. The van der Waals surface area contributed by atoms with Crippen LogP contribution < -0.4 is 11.1 Å². The number of carboxylic acids is 1. The van der Waals surface area contributed by atoms with Gasteiger partial charge in [-0.25, -0.2) is 4.98 Å². The van der Waals surface area contributed by atoms with Crippen LogP contribution in [0.5, 0.6) is 0 Å². The number of imidazole rings is 1. The van der Waals surface area contributed by atoms with Crippen LogP contribution in [0.1, 0.15) is 26.7 Å². The topological polar surface area (TPSA) is 153 Å². The molecule has 0 aliphatic rings. The molecule has 11 nitrogen and oxygen atoms in total. The molecule has 0 saturated carbocycles. The van der Waals surface area contributed by atoms with Gasteiger partial charge in [0, 0.05) is 25.0 Å². The molecule has 29 heavy (non-hydrogen) atoms. The molecule has 0 atom stereocenters. The molecule has 0 bridgehead atoms. The lowest BCUT2D eigenvalue weighted by atomic mass is 9.88. The summed E-state index contributed by atoms with van der Waals surface area (Å²) in [5.74, 6) is -0.960. The van der Waals surface area contributed by atoms with Crippen LogP contribution in [-0.2, 0) is 11.3 Å². The quantitative estimate of drug-likeness (QED) is 0.347. The standard InChI is InChI=1S/C18H19N5O6/c1-18(2,17(26)27)4-3-6-22-12-9-13(21-7-5-19-10-21)14(23(28)29)8-11(12)20-15(24)16(22)25/h5,7-10H,3-4,6H2,1-2H3,(H,20,24)(H,26,27). The number of rotatable bonds is 7. The van der Waals surface area contributed by atoms with Crippen LogP contribution in [0.15, 0.2) is 40.4 Å². The van der Waals surface area contributed by atoms with Crippen molar-refractivity contribution in [2.24, 2.45) is 5.41 Å². The van der Waals surface area contributed by atoms with Crippen molar-refractivity contribution in [3.05, 3.63) is 61.7 Å². The van der Waals surface area contributed by atoms with Gasteiger partial charge in [0.25, 0.3) is 5.69 Å². The zero-order chi connectivity index (χ0) is 21.3. The predicted molar refractivity (Wildman–Crippen MR) is 103 cm³/mol. The second kappa shape index (κ2) is 7.34. The number of hydrogen-bond donors (Lipinski definition) is 2. The molecule has 0 spiro atoms. The van der Waals surface area contributed by atoms with Gasteiger partial charge < -0.3 is 19.2 Å². The Morgan fingerprint density at radius 3 is 2.66 bits per heavy atom. The maximum absolute atomic E-state index is 12.4. The number of nitro benzene ring substituents is 1. The number of benzene rings is 1. The van der Waals surface area contributed by atoms with Crippen LogP contribution in [0, 0.1) is 15.5 Å². The van der Waals surface area contributed by atoms with E-state index in [1.165, 1.54) is 40.0 Å². The van der Waals surface area contributed by atoms with Gasteiger partial charge in [-0.05, 0) is 32.8 Å². The first-order chi connectivity index (χ1) is 13.6. The Labute approximate surface area is 163 Å². The molecule has 152 valence electrons. The second-order valence-corrected chi connectivity index (χ2v) is 7.29. The summed E-state index contributed by atoms with van der Waals surface area (Å²) >= 11 is 0. The summed E-state index contributed by atoms with van der Waals surface area (Å²) in [6, 6.07) is 2.64. The molecule has 2 N–H and O–H groups in total. The van der Waals surface area contributed by atoms with Gasteiger partial charge in [0.05, 0.1) is 27.7 Å². The lowest BCUT2D eigenvalue weighted by Gasteiger charge is -2.19. The molecule has 0 unspecified atom stereocenters. The maximum atomic E-state index is 12.4. The van der Waals surface area contributed by atoms with Crippen molar-refractivity contribution < 1.29 is 14.8 Å². The van der Waals surface area contributed by atoms with E-state index in [9.17, 15) is 29.6 Å². The Hall–Kier alpha value is -3.76. The van der Waals surface area contributed by atoms with Crippen molar-refractivity contribution >= 4 is 22.7 Å². The van der Waals surface area contributed by atoms with E-state index in [0.29, 0.717) is 11.9 Å². The number of nitrogens with zero attached hydrogens (tertiary/aromatic N) is 4. The van der Waals surface area contributed by atoms with Gasteiger partial charge in [-0.3, -0.25) is 24.5 Å². The molecule has 2 aromatic heterocycles. The summed E-state index contributed by atoms with van der Waals surface area (Å²) in [6.45, 7) is 3.25. The predicted octanol–water partition coefficient (Wildman–Crippen LogP) is 1.67. The minimum atomic E-state index is -0.985. The van der Waals surface area contributed by atoms with Crippen LogP contribution >= 0.6 is 0 Å². The molecule has 1 aromatic carbocycles. The number of aromatic nitrogens is 4. The summed E-state index contributed by atoms with van der Waals surface area (Å²) in [6.07, 6.45) is 4.98. The average Bonchev–Trinajstić information content (AvgIpc) is 3.18. The molecular formula is C18H19N5O6. The summed E-state index contributed by atoms with van der Waals surface area (Å²) < 4.78 is 2.65. The highest BCUT2D eigenvalue weighted by molar-refractivity contribution is 5.82. The minimum Gasteiger partial charge on any atom is -0.481 e. The Balaban J connectivity index is 2.14. The molecule has 0 saturated heterocycles.